The molecule has 0 atom stereocenters. The van der Waals surface area contributed by atoms with E-state index in [9.17, 15) is 13.2 Å². The highest BCUT2D eigenvalue weighted by Gasteiger charge is 2.26. The number of sulfonamides is 1. The third-order valence-electron chi connectivity index (χ3n) is 6.35. The minimum atomic E-state index is -3.56. The molecule has 0 bridgehead atoms. The van der Waals surface area contributed by atoms with E-state index in [1.807, 2.05) is 12.1 Å². The molecule has 0 unspecified atom stereocenters. The lowest BCUT2D eigenvalue weighted by Gasteiger charge is -2.26. The molecule has 0 radical (unpaired) electrons. The Morgan fingerprint density at radius 1 is 0.812 bits per heavy atom. The summed E-state index contributed by atoms with van der Waals surface area (Å²) in [5, 5.41) is 2.94. The van der Waals surface area contributed by atoms with Gasteiger partial charge in [-0.3, -0.25) is 9.69 Å². The largest absolute Gasteiger partial charge is 0.348 e. The molecule has 7 heteroatoms. The lowest BCUT2D eigenvalue weighted by molar-refractivity contribution is 0.0950. The Morgan fingerprint density at radius 3 is 2.22 bits per heavy atom. The fourth-order valence-electron chi connectivity index (χ4n) is 4.55. The van der Waals surface area contributed by atoms with Gasteiger partial charge < -0.3 is 5.32 Å². The van der Waals surface area contributed by atoms with Gasteiger partial charge in [0.05, 0.1) is 4.90 Å². The zero-order valence-electron chi connectivity index (χ0n) is 18.6. The molecule has 1 N–H and O–H groups in total. The van der Waals surface area contributed by atoms with Crippen LogP contribution in [-0.4, -0.2) is 49.7 Å². The minimum absolute atomic E-state index is 0.190. The monoisotopic (exact) mass is 455 g/mol. The van der Waals surface area contributed by atoms with E-state index in [1.165, 1.54) is 35.2 Å². The van der Waals surface area contributed by atoms with Crippen LogP contribution in [0.2, 0.25) is 0 Å². The lowest BCUT2D eigenvalue weighted by atomic mass is 10.1. The molecular formula is C25H33N3O3S. The number of amides is 1. The van der Waals surface area contributed by atoms with Crippen LogP contribution in [0.1, 0.15) is 60.0 Å². The van der Waals surface area contributed by atoms with Crippen LogP contribution in [0.15, 0.2) is 53.4 Å². The Bertz CT molecular complexity index is 1030. The van der Waals surface area contributed by atoms with E-state index >= 15 is 0 Å². The molecule has 2 fully saturated rings. The van der Waals surface area contributed by atoms with Crippen molar-refractivity contribution >= 4 is 15.9 Å². The molecule has 6 nitrogen and oxygen atoms in total. The van der Waals surface area contributed by atoms with Crippen molar-refractivity contribution in [2.24, 2.45) is 0 Å². The highest BCUT2D eigenvalue weighted by Crippen LogP contribution is 2.21. The number of nitrogens with zero attached hydrogens (tertiary/aromatic N) is 2. The fraction of sp³-hybridized carbons (Fsp3) is 0.480. The molecule has 1 amide bonds. The smallest absolute Gasteiger partial charge is 0.251 e. The van der Waals surface area contributed by atoms with Crippen LogP contribution in [0.25, 0.3) is 0 Å². The van der Waals surface area contributed by atoms with Gasteiger partial charge in [0.15, 0.2) is 0 Å². The van der Waals surface area contributed by atoms with Gasteiger partial charge >= 0.3 is 0 Å². The Kier molecular flexibility index (Phi) is 7.60. The Labute approximate surface area is 191 Å². The number of carbonyl (C=O) groups is 1. The van der Waals surface area contributed by atoms with Crippen LogP contribution in [0.4, 0.5) is 0 Å². The number of rotatable bonds is 7. The van der Waals surface area contributed by atoms with Crippen LogP contribution in [-0.2, 0) is 23.1 Å². The second-order valence-electron chi connectivity index (χ2n) is 8.83. The highest BCUT2D eigenvalue weighted by atomic mass is 32.2. The number of hydrogen-bond acceptors (Lipinski definition) is 4. The maximum atomic E-state index is 12.9. The first-order chi connectivity index (χ1) is 15.5. The predicted octanol–water partition coefficient (Wildman–Crippen LogP) is 3.78. The normalized spacial score (nSPS) is 18.4. The number of benzene rings is 2. The van der Waals surface area contributed by atoms with Crippen molar-refractivity contribution in [2.75, 3.05) is 26.2 Å². The van der Waals surface area contributed by atoms with Crippen molar-refractivity contribution in [2.45, 2.75) is 56.5 Å². The maximum absolute atomic E-state index is 12.9. The van der Waals surface area contributed by atoms with Crippen molar-refractivity contribution in [1.82, 2.24) is 14.5 Å². The van der Waals surface area contributed by atoms with Crippen molar-refractivity contribution in [3.63, 3.8) is 0 Å². The molecule has 2 heterocycles. The summed E-state index contributed by atoms with van der Waals surface area (Å²) in [5.41, 5.74) is 2.67. The van der Waals surface area contributed by atoms with Crippen LogP contribution in [0.3, 0.4) is 0 Å². The number of piperidine rings is 2. The zero-order valence-corrected chi connectivity index (χ0v) is 19.4. The molecule has 0 aromatic heterocycles. The van der Waals surface area contributed by atoms with Gasteiger partial charge in [-0.15, -0.1) is 0 Å². The van der Waals surface area contributed by atoms with Gasteiger partial charge in [0.2, 0.25) is 10.0 Å². The SMILES string of the molecule is O=C(NCc1cccc(CN2CCCCC2)c1)c1cccc(S(=O)(=O)N2CCCCC2)c1. The van der Waals surface area contributed by atoms with Gasteiger partial charge in [-0.05, 0) is 68.1 Å². The summed E-state index contributed by atoms with van der Waals surface area (Å²) < 4.78 is 27.4. The molecular weight excluding hydrogens is 422 g/mol. The van der Waals surface area contributed by atoms with Crippen molar-refractivity contribution in [3.05, 3.63) is 65.2 Å². The van der Waals surface area contributed by atoms with E-state index in [-0.39, 0.29) is 10.8 Å². The Balaban J connectivity index is 1.38. The summed E-state index contributed by atoms with van der Waals surface area (Å²) in [6.45, 7) is 4.75. The van der Waals surface area contributed by atoms with E-state index in [1.54, 1.807) is 18.2 Å². The first-order valence-electron chi connectivity index (χ1n) is 11.7. The lowest BCUT2D eigenvalue weighted by Crippen LogP contribution is -2.35. The standard InChI is InChI=1S/C25H33N3O3S/c29-25(23-11-8-12-24(18-23)32(30,31)28-15-5-2-6-16-28)26-19-21-9-7-10-22(17-21)20-27-13-3-1-4-14-27/h7-12,17-18H,1-6,13-16,19-20H2,(H,26,29). The molecule has 2 aliphatic rings. The summed E-state index contributed by atoms with van der Waals surface area (Å²) in [5.74, 6) is -0.262. The van der Waals surface area contributed by atoms with Crippen molar-refractivity contribution in [3.8, 4) is 0 Å². The van der Waals surface area contributed by atoms with Crippen LogP contribution < -0.4 is 5.32 Å². The van der Waals surface area contributed by atoms with Gasteiger partial charge in [-0.2, -0.15) is 4.31 Å². The van der Waals surface area contributed by atoms with E-state index in [0.717, 1.165) is 44.5 Å². The highest BCUT2D eigenvalue weighted by molar-refractivity contribution is 7.89. The molecule has 4 rings (SSSR count). The summed E-state index contributed by atoms with van der Waals surface area (Å²) >= 11 is 0. The van der Waals surface area contributed by atoms with Gasteiger partial charge in [0.25, 0.3) is 5.91 Å². The average Bonchev–Trinajstić information content (AvgIpc) is 2.84. The summed E-state index contributed by atoms with van der Waals surface area (Å²) in [4.78, 5) is 15.4. The first kappa shape index (κ1) is 23.0. The molecule has 2 aliphatic heterocycles. The first-order valence-corrected chi connectivity index (χ1v) is 13.1. The maximum Gasteiger partial charge on any atom is 0.251 e. The zero-order chi connectivity index (χ0) is 22.4. The van der Waals surface area contributed by atoms with E-state index < -0.39 is 10.0 Å². The van der Waals surface area contributed by atoms with Gasteiger partial charge in [0.1, 0.15) is 0 Å². The summed E-state index contributed by atoms with van der Waals surface area (Å²) in [6, 6.07) is 14.7. The summed E-state index contributed by atoms with van der Waals surface area (Å²) in [6.07, 6.45) is 6.69. The Hall–Kier alpha value is -2.22. The number of carbonyl (C=O) groups excluding carboxylic acids is 1. The van der Waals surface area contributed by atoms with Crippen LogP contribution in [0, 0.1) is 0 Å². The quantitative estimate of drug-likeness (QED) is 0.690. The van der Waals surface area contributed by atoms with Crippen molar-refractivity contribution < 1.29 is 13.2 Å². The second kappa shape index (κ2) is 10.6. The molecule has 0 aliphatic carbocycles. The molecule has 2 aromatic carbocycles. The van der Waals surface area contributed by atoms with Crippen LogP contribution >= 0.6 is 0 Å². The number of nitrogens with one attached hydrogen (secondary N) is 1. The third-order valence-corrected chi connectivity index (χ3v) is 8.24. The molecule has 172 valence electrons. The molecule has 2 aromatic rings. The van der Waals surface area contributed by atoms with Crippen molar-refractivity contribution in [1.29, 1.82) is 0 Å². The number of likely N-dealkylation sites (tertiary alicyclic amines) is 1. The number of hydrogen-bond donors (Lipinski definition) is 1. The van der Waals surface area contributed by atoms with Gasteiger partial charge in [-0.1, -0.05) is 43.2 Å². The fourth-order valence-corrected chi connectivity index (χ4v) is 6.11. The van der Waals surface area contributed by atoms with E-state index in [4.69, 9.17) is 0 Å². The third kappa shape index (κ3) is 5.77. The average molecular weight is 456 g/mol. The van der Waals surface area contributed by atoms with E-state index in [2.05, 4.69) is 22.3 Å². The summed E-state index contributed by atoms with van der Waals surface area (Å²) in [7, 11) is -3.56. The Morgan fingerprint density at radius 2 is 1.47 bits per heavy atom. The second-order valence-corrected chi connectivity index (χ2v) is 10.8. The predicted molar refractivity (Wildman–Crippen MR) is 126 cm³/mol. The molecule has 0 spiro atoms. The van der Waals surface area contributed by atoms with E-state index in [0.29, 0.717) is 25.2 Å². The minimum Gasteiger partial charge on any atom is -0.348 e. The van der Waals surface area contributed by atoms with Crippen LogP contribution in [0.5, 0.6) is 0 Å². The molecule has 32 heavy (non-hydrogen) atoms. The molecule has 2 saturated heterocycles. The topological polar surface area (TPSA) is 69.7 Å². The van der Waals surface area contributed by atoms with Gasteiger partial charge in [0, 0.05) is 31.7 Å². The molecule has 0 saturated carbocycles. The van der Waals surface area contributed by atoms with Gasteiger partial charge in [-0.25, -0.2) is 8.42 Å².